The third-order valence-electron chi connectivity index (χ3n) is 5.89. The van der Waals surface area contributed by atoms with E-state index >= 15 is 0 Å². The summed E-state index contributed by atoms with van der Waals surface area (Å²) < 4.78 is 15.6. The molecule has 1 saturated carbocycles. The van der Waals surface area contributed by atoms with Crippen molar-refractivity contribution < 1.29 is 33.7 Å². The van der Waals surface area contributed by atoms with Gasteiger partial charge < -0.3 is 19.3 Å². The van der Waals surface area contributed by atoms with Crippen molar-refractivity contribution in [2.75, 3.05) is 26.9 Å². The van der Waals surface area contributed by atoms with Crippen molar-refractivity contribution in [3.8, 4) is 0 Å². The summed E-state index contributed by atoms with van der Waals surface area (Å²) in [5.41, 5.74) is 0.129. The van der Waals surface area contributed by atoms with Crippen LogP contribution < -0.4 is 0 Å². The molecule has 0 bridgehead atoms. The Labute approximate surface area is 185 Å². The molecule has 0 saturated heterocycles. The number of aliphatic carboxylic acids is 1. The van der Waals surface area contributed by atoms with Gasteiger partial charge in [0, 0.05) is 18.6 Å². The number of hydrogen-bond acceptors (Lipinski definition) is 6. The molecule has 1 atom stereocenters. The van der Waals surface area contributed by atoms with E-state index in [-0.39, 0.29) is 42.8 Å². The fourth-order valence-electron chi connectivity index (χ4n) is 4.01. The number of rotatable bonds is 15. The first-order valence-electron chi connectivity index (χ1n) is 11.2. The summed E-state index contributed by atoms with van der Waals surface area (Å²) in [6, 6.07) is 0. The van der Waals surface area contributed by atoms with Crippen molar-refractivity contribution in [2.24, 2.45) is 17.8 Å². The Morgan fingerprint density at radius 3 is 2.06 bits per heavy atom. The number of hydrogen-bond donors (Lipinski definition) is 1. The predicted octanol–water partition coefficient (Wildman–Crippen LogP) is 4.31. The zero-order chi connectivity index (χ0) is 23.2. The molecule has 7 heteroatoms. The Morgan fingerprint density at radius 1 is 0.968 bits per heavy atom. The van der Waals surface area contributed by atoms with Crippen LogP contribution in [0.15, 0.2) is 24.3 Å². The van der Waals surface area contributed by atoms with Gasteiger partial charge >= 0.3 is 17.9 Å². The maximum atomic E-state index is 12.1. The Morgan fingerprint density at radius 2 is 1.55 bits per heavy atom. The molecule has 0 radical (unpaired) electrons. The molecule has 1 unspecified atom stereocenters. The Hall–Kier alpha value is -2.15. The number of methoxy groups -OCH3 is 1. The highest BCUT2D eigenvalue weighted by atomic mass is 16.5. The number of ether oxygens (including phenoxy) is 3. The molecule has 1 fully saturated rings. The quantitative estimate of drug-likeness (QED) is 0.231. The molecule has 0 aromatic carbocycles. The van der Waals surface area contributed by atoms with Gasteiger partial charge in [-0.25, -0.2) is 9.59 Å². The van der Waals surface area contributed by atoms with Crippen LogP contribution in [0, 0.1) is 17.8 Å². The fraction of sp³-hybridized carbons (Fsp3) is 0.708. The summed E-state index contributed by atoms with van der Waals surface area (Å²) in [5.74, 6) is -1.54. The normalized spacial score (nSPS) is 19.3. The molecule has 0 spiro atoms. The van der Waals surface area contributed by atoms with Crippen molar-refractivity contribution in [3.63, 3.8) is 0 Å². The van der Waals surface area contributed by atoms with Gasteiger partial charge in [-0.3, -0.25) is 4.79 Å². The van der Waals surface area contributed by atoms with Gasteiger partial charge in [-0.15, -0.1) is 0 Å². The Bertz CT molecular complexity index is 617. The first kappa shape index (κ1) is 26.9. The number of carbonyl (C=O) groups is 3. The molecule has 176 valence electrons. The lowest BCUT2D eigenvalue weighted by atomic mass is 9.75. The lowest BCUT2D eigenvalue weighted by Gasteiger charge is -2.33. The first-order chi connectivity index (χ1) is 14.8. The topological polar surface area (TPSA) is 99.1 Å². The minimum absolute atomic E-state index is 0.0622. The molecule has 0 aliphatic heterocycles. The highest BCUT2D eigenvalue weighted by Gasteiger charge is 2.30. The maximum Gasteiger partial charge on any atom is 0.335 e. The lowest BCUT2D eigenvalue weighted by Crippen LogP contribution is -2.31. The molecule has 0 aromatic heterocycles. The zero-order valence-corrected chi connectivity index (χ0v) is 19.0. The van der Waals surface area contributed by atoms with E-state index in [1.54, 1.807) is 0 Å². The van der Waals surface area contributed by atoms with E-state index in [1.807, 2.05) is 0 Å². The van der Waals surface area contributed by atoms with Gasteiger partial charge in [-0.1, -0.05) is 58.6 Å². The second kappa shape index (κ2) is 14.8. The minimum atomic E-state index is -1.13. The first-order valence-corrected chi connectivity index (χ1v) is 11.2. The van der Waals surface area contributed by atoms with E-state index in [0.29, 0.717) is 0 Å². The smallest absolute Gasteiger partial charge is 0.335 e. The molecule has 1 aliphatic carbocycles. The monoisotopic (exact) mass is 438 g/mol. The third kappa shape index (κ3) is 10.6. The van der Waals surface area contributed by atoms with Crippen molar-refractivity contribution >= 4 is 17.9 Å². The van der Waals surface area contributed by atoms with Crippen LogP contribution in [0.1, 0.15) is 64.7 Å². The number of carboxylic acids is 1. The summed E-state index contributed by atoms with van der Waals surface area (Å²) in [6.45, 7) is 9.61. The predicted molar refractivity (Wildman–Crippen MR) is 117 cm³/mol. The molecule has 1 aliphatic rings. The van der Waals surface area contributed by atoms with Crippen LogP contribution in [0.5, 0.6) is 0 Å². The third-order valence-corrected chi connectivity index (χ3v) is 5.89. The summed E-state index contributed by atoms with van der Waals surface area (Å²) in [6.07, 6.45) is 8.76. The number of esters is 2. The average molecular weight is 439 g/mol. The highest BCUT2D eigenvalue weighted by Crippen LogP contribution is 2.36. The summed E-state index contributed by atoms with van der Waals surface area (Å²) in [7, 11) is 1.48. The second-order valence-electron chi connectivity index (χ2n) is 8.44. The van der Waals surface area contributed by atoms with Gasteiger partial charge in [-0.2, -0.15) is 0 Å². The largest absolute Gasteiger partial charge is 0.481 e. The van der Waals surface area contributed by atoms with E-state index < -0.39 is 24.3 Å². The van der Waals surface area contributed by atoms with Crippen molar-refractivity contribution in [1.29, 1.82) is 0 Å². The molecule has 1 N–H and O–H groups in total. The number of unbranched alkanes of at least 4 members (excludes halogenated alkanes) is 2. The number of carbonyl (C=O) groups excluding carboxylic acids is 2. The molecule has 0 amide bonds. The van der Waals surface area contributed by atoms with Crippen LogP contribution in [0.3, 0.4) is 0 Å². The van der Waals surface area contributed by atoms with Gasteiger partial charge in [0.05, 0.1) is 31.8 Å². The zero-order valence-electron chi connectivity index (χ0n) is 19.0. The van der Waals surface area contributed by atoms with Crippen LogP contribution in [-0.4, -0.2) is 49.9 Å². The van der Waals surface area contributed by atoms with Gasteiger partial charge in [-0.05, 0) is 24.7 Å². The van der Waals surface area contributed by atoms with Crippen LogP contribution in [0.25, 0.3) is 0 Å². The fourth-order valence-corrected chi connectivity index (χ4v) is 4.01. The van der Waals surface area contributed by atoms with E-state index in [0.717, 1.165) is 31.6 Å². The van der Waals surface area contributed by atoms with E-state index in [9.17, 15) is 14.4 Å². The molecule has 0 aromatic rings. The molecule has 31 heavy (non-hydrogen) atoms. The highest BCUT2D eigenvalue weighted by molar-refractivity contribution is 5.92. The van der Waals surface area contributed by atoms with Crippen molar-refractivity contribution in [1.82, 2.24) is 0 Å². The van der Waals surface area contributed by atoms with Crippen LogP contribution in [0.4, 0.5) is 0 Å². The van der Waals surface area contributed by atoms with Gasteiger partial charge in [0.15, 0.2) is 0 Å². The number of carboxylic acid groups (broad SMARTS) is 1. The minimum Gasteiger partial charge on any atom is -0.481 e. The van der Waals surface area contributed by atoms with Crippen LogP contribution in [-0.2, 0) is 28.6 Å². The molecular weight excluding hydrogens is 400 g/mol. The summed E-state index contributed by atoms with van der Waals surface area (Å²) >= 11 is 0. The summed E-state index contributed by atoms with van der Waals surface area (Å²) in [4.78, 5) is 34.9. The van der Waals surface area contributed by atoms with Crippen LogP contribution in [0.2, 0.25) is 0 Å². The molecule has 1 rings (SSSR count). The Balaban J connectivity index is 2.64. The van der Waals surface area contributed by atoms with E-state index in [4.69, 9.17) is 19.3 Å². The molecule has 0 heterocycles. The van der Waals surface area contributed by atoms with Crippen LogP contribution >= 0.6 is 0 Å². The lowest BCUT2D eigenvalue weighted by molar-refractivity contribution is -0.147. The van der Waals surface area contributed by atoms with Crippen molar-refractivity contribution in [2.45, 2.75) is 64.7 Å². The SMILES string of the molecule is C=C(COC)C(=O)OCC(COC(=O)C(=C)CC(=O)O)C1CCC(CCCCC)CC1. The second-order valence-corrected chi connectivity index (χ2v) is 8.44. The van der Waals surface area contributed by atoms with E-state index in [1.165, 1.54) is 32.8 Å². The van der Waals surface area contributed by atoms with Gasteiger partial charge in [0.2, 0.25) is 0 Å². The maximum absolute atomic E-state index is 12.1. The standard InChI is InChI=1S/C24H38O7/c1-5-6-7-8-19-9-11-20(12-10-19)21(16-31-24(28)18(3)14-29-4)15-30-23(27)17(2)13-22(25)26/h19-21H,2-3,5-16H2,1,4H3,(H,25,26). The van der Waals surface area contributed by atoms with Crippen molar-refractivity contribution in [3.05, 3.63) is 24.3 Å². The summed E-state index contributed by atoms with van der Waals surface area (Å²) in [5, 5.41) is 8.81. The van der Waals surface area contributed by atoms with Gasteiger partial charge in [0.1, 0.15) is 0 Å². The molecular formula is C24H38O7. The van der Waals surface area contributed by atoms with E-state index in [2.05, 4.69) is 20.1 Å². The Kier molecular flexibility index (Phi) is 12.8. The molecule has 7 nitrogen and oxygen atoms in total. The van der Waals surface area contributed by atoms with Gasteiger partial charge in [0.25, 0.3) is 0 Å². The average Bonchev–Trinajstić information content (AvgIpc) is 2.74.